The summed E-state index contributed by atoms with van der Waals surface area (Å²) in [4.78, 5) is 80.8. The summed E-state index contributed by atoms with van der Waals surface area (Å²) in [7, 11) is 0. The quantitative estimate of drug-likeness (QED) is 0.0118. The Kier molecular flexibility index (Phi) is 31.2. The molecular weight excluding hydrogens is 1640 g/mol. The number of nitrogens with one attached hydrogen (secondary N) is 4. The van der Waals surface area contributed by atoms with Crippen LogP contribution in [-0.4, -0.2) is 137 Å². The molecule has 8 aromatic carbocycles. The summed E-state index contributed by atoms with van der Waals surface area (Å²) >= 11 is 0. The number of hydrogen-bond donors (Lipinski definition) is 6. The molecule has 678 valence electrons. The Bertz CT molecular complexity index is 5640. The fourth-order valence-electron chi connectivity index (χ4n) is 17.7. The molecule has 6 N–H and O–H groups in total. The van der Waals surface area contributed by atoms with Gasteiger partial charge in [-0.25, -0.2) is 9.59 Å². The van der Waals surface area contributed by atoms with Crippen LogP contribution in [0.2, 0.25) is 0 Å². The van der Waals surface area contributed by atoms with Crippen molar-refractivity contribution in [2.75, 3.05) is 83.3 Å². The van der Waals surface area contributed by atoms with Crippen molar-refractivity contribution in [1.82, 2.24) is 10.6 Å². The number of esters is 2. The number of carbonyl (C=O) groups excluding carboxylic acids is 6. The summed E-state index contributed by atoms with van der Waals surface area (Å²) in [5.41, 5.74) is 16.6. The maximum atomic E-state index is 14.0. The molecule has 6 aliphatic carbocycles. The number of allylic oxidation sites excluding steroid dienone is 15. The van der Waals surface area contributed by atoms with Crippen LogP contribution < -0.4 is 40.2 Å². The van der Waals surface area contributed by atoms with E-state index in [2.05, 4.69) is 161 Å². The third-order valence-corrected chi connectivity index (χ3v) is 24.1. The van der Waals surface area contributed by atoms with Gasteiger partial charge in [-0.1, -0.05) is 177 Å². The van der Waals surface area contributed by atoms with Crippen molar-refractivity contribution in [1.29, 1.82) is 0 Å². The van der Waals surface area contributed by atoms with Crippen molar-refractivity contribution in [2.24, 2.45) is 11.3 Å². The van der Waals surface area contributed by atoms with E-state index < -0.39 is 84.4 Å². The Morgan fingerprint density at radius 1 is 0.477 bits per heavy atom. The van der Waals surface area contributed by atoms with Gasteiger partial charge in [-0.15, -0.1) is 0 Å². The first kappa shape index (κ1) is 93.3. The number of rotatable bonds is 42. The summed E-state index contributed by atoms with van der Waals surface area (Å²) in [6.45, 7) is 11.8. The molecule has 14 rings (SSSR count). The molecule has 0 heterocycles. The maximum absolute atomic E-state index is 14.0. The monoisotopic (exact) mass is 1760 g/mol. The Morgan fingerprint density at radius 2 is 0.977 bits per heavy atom. The lowest BCUT2D eigenvalue weighted by atomic mass is 9.66. The van der Waals surface area contributed by atoms with Crippen molar-refractivity contribution in [3.63, 3.8) is 0 Å². The number of benzene rings is 8. The van der Waals surface area contributed by atoms with Gasteiger partial charge in [0.2, 0.25) is 5.91 Å². The highest BCUT2D eigenvalue weighted by Crippen LogP contribution is 2.59. The van der Waals surface area contributed by atoms with Crippen molar-refractivity contribution < 1.29 is 86.3 Å². The zero-order valence-electron chi connectivity index (χ0n) is 75.2. The van der Waals surface area contributed by atoms with Crippen LogP contribution in [-0.2, 0) is 71.3 Å². The van der Waals surface area contributed by atoms with E-state index in [0.29, 0.717) is 87.6 Å². The van der Waals surface area contributed by atoms with E-state index in [9.17, 15) is 39.0 Å². The minimum atomic E-state index is -1.82. The summed E-state index contributed by atoms with van der Waals surface area (Å²) in [5.74, 6) is 0.497. The lowest BCUT2D eigenvalue weighted by molar-refractivity contribution is -0.165. The van der Waals surface area contributed by atoms with Gasteiger partial charge in [0, 0.05) is 29.2 Å². The fraction of sp³-hybridized carbons (Fsp3) is 0.352. The first-order valence-electron chi connectivity index (χ1n) is 45.3. The summed E-state index contributed by atoms with van der Waals surface area (Å²) < 4.78 is 58.3. The van der Waals surface area contributed by atoms with Crippen LogP contribution in [0.25, 0.3) is 11.1 Å². The van der Waals surface area contributed by atoms with Gasteiger partial charge in [0.25, 0.3) is 5.91 Å². The molecule has 4 amide bonds. The molecule has 0 spiro atoms. The topological polar surface area (TPSA) is 283 Å². The largest absolute Gasteiger partial charge is 0.494 e. The van der Waals surface area contributed by atoms with Crippen LogP contribution >= 0.6 is 0 Å². The zero-order valence-corrected chi connectivity index (χ0v) is 75.2. The number of carbonyl (C=O) groups is 6. The standard InChI is InChI=1S/C108H118N4O18/c1-72(2)100(116)126-68-86(114)69-127-102(118)106(7,71-129-104(120)112-85-29-21-25-77(67-85)63-75-23-19-27-83(65-75)110-101(117)105(5,6)130-61-60-125-90-53-45-81(46-54-90)108(79-41-49-88(50-42-79)123-57-55-113)97-36-14-10-32-93(97)94-33-11-15-37-98(94)108)70-128-103(119)111-84-28-20-24-76(66-84)62-74-22-18-26-82(64-74)109-99(115)38-16-17-56-122-87-47-39-78(40-48-87)107(80-43-51-89(52-44-80)124-59-58-121-73(3)4)95-34-12-8-30-91(95)92-31-9-13-35-96(92)107/h8,10,12-15,20-21,23-26,28-30,32,34-37,39-54,64-67,72-73,86,113-114H,9,11,16-19,22,27,31,33,38,55-63,68-71H2,1-7H3,(H,109,115)(H,110,117)(H,111,119)(H,112,120). The molecule has 0 fully saturated rings. The van der Waals surface area contributed by atoms with Crippen LogP contribution in [0, 0.1) is 11.3 Å². The lowest BCUT2D eigenvalue weighted by Gasteiger charge is -2.35. The van der Waals surface area contributed by atoms with Crippen molar-refractivity contribution in [2.45, 2.75) is 161 Å². The number of hydrogen-bond acceptors (Lipinski definition) is 18. The van der Waals surface area contributed by atoms with Gasteiger partial charge in [-0.05, 0) is 280 Å². The molecule has 130 heavy (non-hydrogen) atoms. The summed E-state index contributed by atoms with van der Waals surface area (Å²) in [5, 5.41) is 31.7. The molecule has 4 atom stereocenters. The molecule has 0 aliphatic heterocycles. The van der Waals surface area contributed by atoms with E-state index in [1.54, 1.807) is 64.1 Å². The number of ether oxygens (including phenoxy) is 10. The van der Waals surface area contributed by atoms with Crippen molar-refractivity contribution in [3.8, 4) is 23.0 Å². The first-order valence-corrected chi connectivity index (χ1v) is 45.3. The summed E-state index contributed by atoms with van der Waals surface area (Å²) in [6, 6.07) is 65.1. The van der Waals surface area contributed by atoms with Crippen LogP contribution in [0.5, 0.6) is 23.0 Å². The number of amides is 4. The van der Waals surface area contributed by atoms with E-state index in [0.717, 1.165) is 106 Å². The number of aliphatic hydroxyl groups is 2. The second-order valence-corrected chi connectivity index (χ2v) is 35.0. The molecule has 0 saturated heterocycles. The average Bonchev–Trinajstić information content (AvgIpc) is 1.55. The van der Waals surface area contributed by atoms with Gasteiger partial charge in [0.05, 0.1) is 49.3 Å². The van der Waals surface area contributed by atoms with Gasteiger partial charge in [0.15, 0.2) is 0 Å². The second-order valence-electron chi connectivity index (χ2n) is 35.0. The molecule has 22 nitrogen and oxygen atoms in total. The zero-order chi connectivity index (χ0) is 91.2. The molecule has 8 aromatic rings. The highest BCUT2D eigenvalue weighted by atomic mass is 16.6. The average molecular weight is 1760 g/mol. The minimum absolute atomic E-state index is 0.0712. The molecule has 22 heteroatoms. The number of anilines is 2. The third-order valence-electron chi connectivity index (χ3n) is 24.1. The molecule has 0 aromatic heterocycles. The maximum Gasteiger partial charge on any atom is 0.411 e. The van der Waals surface area contributed by atoms with Crippen LogP contribution in [0.15, 0.2) is 276 Å². The number of aliphatic hydroxyl groups excluding tert-OH is 2. The van der Waals surface area contributed by atoms with Gasteiger partial charge >= 0.3 is 24.1 Å². The lowest BCUT2D eigenvalue weighted by Crippen LogP contribution is -2.44. The van der Waals surface area contributed by atoms with E-state index in [-0.39, 0.29) is 44.3 Å². The Hall–Kier alpha value is -12.9. The highest BCUT2D eigenvalue weighted by Gasteiger charge is 2.49. The SMILES string of the molecule is CC(C)OCCOc1ccc(C2(c3ccc(OCCCCC(=O)NC4=CCCC(Cc5cccc(NC(=O)OCC(C)(COC(=O)Nc6cccc(CC7=CCCC(NC(=O)C(C)(C)OCCOc8ccc(C9(c%10ccc(OCCO)cc%10)C%10=C(CCC=C%10)c%10ccccc%109)cc8)=C7)c6)C(=O)OCC(O)COC(=O)C(C)C)c5)=C4)cc3)C3=C(CCC=C3)c3ccccc32)cc1. The molecule has 0 saturated carbocycles. The van der Waals surface area contributed by atoms with Crippen molar-refractivity contribution >= 4 is 58.5 Å². The van der Waals surface area contributed by atoms with E-state index in [4.69, 9.17) is 47.4 Å². The van der Waals surface area contributed by atoms with E-state index in [1.165, 1.54) is 51.5 Å². The predicted octanol–water partition coefficient (Wildman–Crippen LogP) is 19.3. The first-order chi connectivity index (χ1) is 63.0. The highest BCUT2D eigenvalue weighted by molar-refractivity contribution is 5.91. The van der Waals surface area contributed by atoms with Crippen molar-refractivity contribution in [3.05, 3.63) is 332 Å². The van der Waals surface area contributed by atoms with E-state index >= 15 is 0 Å². The van der Waals surface area contributed by atoms with Gasteiger partial charge < -0.3 is 68.2 Å². The van der Waals surface area contributed by atoms with Gasteiger partial charge in [0.1, 0.15) is 86.4 Å². The van der Waals surface area contributed by atoms with Gasteiger partial charge in [-0.2, -0.15) is 0 Å². The van der Waals surface area contributed by atoms with Crippen LogP contribution in [0.4, 0.5) is 21.0 Å². The molecular formula is C108H118N4O18. The Morgan fingerprint density at radius 3 is 1.51 bits per heavy atom. The normalized spacial score (nSPS) is 17.3. The number of unbranched alkanes of at least 4 members (excludes halogenated alkanes) is 1. The smallest absolute Gasteiger partial charge is 0.411 e. The third kappa shape index (κ3) is 22.9. The molecule has 0 radical (unpaired) electrons. The van der Waals surface area contributed by atoms with Crippen LogP contribution in [0.3, 0.4) is 0 Å². The Balaban J connectivity index is 0.526. The minimum Gasteiger partial charge on any atom is -0.494 e. The predicted molar refractivity (Wildman–Crippen MR) is 501 cm³/mol. The van der Waals surface area contributed by atoms with Crippen LogP contribution in [0.1, 0.15) is 175 Å². The van der Waals surface area contributed by atoms with E-state index in [1.807, 2.05) is 80.6 Å². The number of fused-ring (bicyclic) bond motifs is 4. The molecule has 6 aliphatic rings. The van der Waals surface area contributed by atoms with Gasteiger partial charge in [-0.3, -0.25) is 29.8 Å². The summed E-state index contributed by atoms with van der Waals surface area (Å²) in [6.07, 6.45) is 23.3. The molecule has 0 bridgehead atoms. The fourth-order valence-corrected chi connectivity index (χ4v) is 17.7. The second kappa shape index (κ2) is 43.5. The Labute approximate surface area is 761 Å². The molecule has 4 unspecified atom stereocenters.